The van der Waals surface area contributed by atoms with Crippen molar-refractivity contribution >= 4 is 17.4 Å². The smallest absolute Gasteiger partial charge is 0.335 e. The van der Waals surface area contributed by atoms with Gasteiger partial charge in [-0.1, -0.05) is 36.4 Å². The molecule has 0 bridgehead atoms. The highest BCUT2D eigenvalue weighted by molar-refractivity contribution is 5.99. The Morgan fingerprint density at radius 3 is 2.29 bits per heavy atom. The molecule has 2 N–H and O–H groups in total. The van der Waals surface area contributed by atoms with Crippen LogP contribution in [0, 0.1) is 23.3 Å². The minimum absolute atomic E-state index is 0.00767. The van der Waals surface area contributed by atoms with Crippen molar-refractivity contribution in [2.75, 3.05) is 19.7 Å². The van der Waals surface area contributed by atoms with Crippen LogP contribution in [0.15, 0.2) is 66.2 Å². The Kier molecular flexibility index (Phi) is 8.91. The molecule has 1 aliphatic heterocycles. The van der Waals surface area contributed by atoms with Crippen LogP contribution in [-0.2, 0) is 20.7 Å². The molecule has 1 atom stereocenters. The van der Waals surface area contributed by atoms with Gasteiger partial charge < -0.3 is 15.2 Å². The van der Waals surface area contributed by atoms with Crippen molar-refractivity contribution in [3.63, 3.8) is 0 Å². The lowest BCUT2D eigenvalue weighted by Crippen LogP contribution is -2.42. The maximum atomic E-state index is 13.8. The number of esters is 1. The lowest BCUT2D eigenvalue weighted by molar-refractivity contribution is -0.141. The van der Waals surface area contributed by atoms with E-state index < -0.39 is 46.9 Å². The molecular weight excluding hydrogens is 552 g/mol. The number of aryl methyl sites for hydroxylation is 1. The van der Waals surface area contributed by atoms with Crippen LogP contribution in [0.2, 0.25) is 0 Å². The summed E-state index contributed by atoms with van der Waals surface area (Å²) in [6.45, 7) is 0.567. The third-order valence-corrected chi connectivity index (χ3v) is 7.40. The number of carbonyl (C=O) groups excluding carboxylic acids is 2. The minimum Gasteiger partial charge on any atom is -0.488 e. The molecular formula is C32H30F4N2O4. The van der Waals surface area contributed by atoms with Gasteiger partial charge in [0.2, 0.25) is 11.7 Å². The number of hydrogen-bond donors (Lipinski definition) is 1. The summed E-state index contributed by atoms with van der Waals surface area (Å²) in [6, 6.07) is 13.8. The monoisotopic (exact) mass is 582 g/mol. The largest absolute Gasteiger partial charge is 0.488 e. The van der Waals surface area contributed by atoms with Crippen LogP contribution in [-0.4, -0.2) is 42.6 Å². The van der Waals surface area contributed by atoms with Gasteiger partial charge in [-0.05, 0) is 78.6 Å². The van der Waals surface area contributed by atoms with E-state index in [4.69, 9.17) is 15.2 Å². The molecule has 220 valence electrons. The summed E-state index contributed by atoms with van der Waals surface area (Å²) in [7, 11) is 0. The predicted molar refractivity (Wildman–Crippen MR) is 147 cm³/mol. The van der Waals surface area contributed by atoms with Crippen molar-refractivity contribution in [2.24, 2.45) is 5.73 Å². The molecule has 5 rings (SSSR count). The number of ether oxygens (including phenoxy) is 2. The first-order valence-electron chi connectivity index (χ1n) is 13.8. The second-order valence-corrected chi connectivity index (χ2v) is 10.5. The van der Waals surface area contributed by atoms with E-state index in [2.05, 4.69) is 0 Å². The normalized spacial score (nSPS) is 16.3. The van der Waals surface area contributed by atoms with E-state index in [1.54, 1.807) is 4.90 Å². The van der Waals surface area contributed by atoms with E-state index in [0.29, 0.717) is 43.0 Å². The molecule has 3 aromatic carbocycles. The first-order chi connectivity index (χ1) is 20.2. The summed E-state index contributed by atoms with van der Waals surface area (Å²) >= 11 is 0. The van der Waals surface area contributed by atoms with Crippen LogP contribution < -0.4 is 10.5 Å². The summed E-state index contributed by atoms with van der Waals surface area (Å²) in [6.07, 6.45) is 2.95. The van der Waals surface area contributed by atoms with Gasteiger partial charge in [-0.3, -0.25) is 9.69 Å². The molecule has 0 radical (unpaired) electrons. The van der Waals surface area contributed by atoms with Crippen molar-refractivity contribution < 1.29 is 36.6 Å². The van der Waals surface area contributed by atoms with Crippen molar-refractivity contribution in [1.82, 2.24) is 4.90 Å². The van der Waals surface area contributed by atoms with Gasteiger partial charge in [0, 0.05) is 13.1 Å². The van der Waals surface area contributed by atoms with Crippen molar-refractivity contribution in [3.05, 3.63) is 106 Å². The molecule has 1 aliphatic carbocycles. The third-order valence-electron chi connectivity index (χ3n) is 7.40. The van der Waals surface area contributed by atoms with Gasteiger partial charge in [-0.2, -0.15) is 4.39 Å². The number of amides is 1. The Hall–Kier alpha value is -4.18. The van der Waals surface area contributed by atoms with Gasteiger partial charge >= 0.3 is 5.97 Å². The number of benzene rings is 3. The standard InChI is InChI=1S/C32H30F4N2O4/c33-22-9-7-21(8-10-22)29(31(37)39)38-16-15-24(25(18-38)32(40)42-23-11-12-23)20-5-3-19(4-6-20)2-1-17-41-30-27(35)14-13-26(34)28(30)36/h3-10,13-14,23,29H,1-2,11-12,15-18H2,(H2,37,39). The highest BCUT2D eigenvalue weighted by atomic mass is 19.2. The van der Waals surface area contributed by atoms with E-state index in [9.17, 15) is 27.2 Å². The Labute approximate surface area is 240 Å². The third kappa shape index (κ3) is 6.82. The minimum atomic E-state index is -1.35. The van der Waals surface area contributed by atoms with Gasteiger partial charge in [-0.25, -0.2) is 18.0 Å². The Morgan fingerprint density at radius 2 is 1.62 bits per heavy atom. The Bertz CT molecular complexity index is 1490. The van der Waals surface area contributed by atoms with Gasteiger partial charge in [0.1, 0.15) is 18.0 Å². The molecule has 10 heteroatoms. The van der Waals surface area contributed by atoms with Crippen LogP contribution in [0.1, 0.15) is 48.4 Å². The number of halogens is 4. The second-order valence-electron chi connectivity index (χ2n) is 10.5. The van der Waals surface area contributed by atoms with Crippen LogP contribution in [0.4, 0.5) is 17.6 Å². The maximum absolute atomic E-state index is 13.8. The SMILES string of the molecule is NC(=O)C(c1ccc(F)cc1)N1CCC(c2ccc(CCCOc3c(F)ccc(F)c3F)cc2)=C(C(=O)OC2CC2)C1. The molecule has 0 spiro atoms. The Balaban J connectivity index is 1.29. The highest BCUT2D eigenvalue weighted by Crippen LogP contribution is 2.35. The van der Waals surface area contributed by atoms with Gasteiger partial charge in [0.05, 0.1) is 12.2 Å². The fourth-order valence-corrected chi connectivity index (χ4v) is 5.08. The molecule has 0 aromatic heterocycles. The van der Waals surface area contributed by atoms with Crippen molar-refractivity contribution in [2.45, 2.75) is 44.2 Å². The molecule has 1 fully saturated rings. The zero-order valence-electron chi connectivity index (χ0n) is 22.8. The van der Waals surface area contributed by atoms with Gasteiger partial charge in [0.25, 0.3) is 0 Å². The quantitative estimate of drug-likeness (QED) is 0.137. The Morgan fingerprint density at radius 1 is 0.929 bits per heavy atom. The maximum Gasteiger partial charge on any atom is 0.335 e. The van der Waals surface area contributed by atoms with Crippen LogP contribution in [0.5, 0.6) is 5.75 Å². The van der Waals surface area contributed by atoms with E-state index in [-0.39, 0.29) is 19.3 Å². The number of nitrogens with zero attached hydrogens (tertiary/aromatic N) is 1. The van der Waals surface area contributed by atoms with Crippen molar-refractivity contribution in [3.8, 4) is 5.75 Å². The fraction of sp³-hybridized carbons (Fsp3) is 0.312. The van der Waals surface area contributed by atoms with E-state index in [1.165, 1.54) is 24.3 Å². The molecule has 1 amide bonds. The van der Waals surface area contributed by atoms with Crippen LogP contribution in [0.25, 0.3) is 5.57 Å². The number of carbonyl (C=O) groups is 2. The van der Waals surface area contributed by atoms with Gasteiger partial charge in [0.15, 0.2) is 17.4 Å². The predicted octanol–water partition coefficient (Wildman–Crippen LogP) is 5.65. The van der Waals surface area contributed by atoms with Gasteiger partial charge in [-0.15, -0.1) is 0 Å². The van der Waals surface area contributed by atoms with Crippen LogP contribution in [0.3, 0.4) is 0 Å². The lowest BCUT2D eigenvalue weighted by atomic mass is 9.90. The zero-order chi connectivity index (χ0) is 29.8. The molecule has 0 saturated heterocycles. The van der Waals surface area contributed by atoms with Crippen LogP contribution >= 0.6 is 0 Å². The zero-order valence-corrected chi connectivity index (χ0v) is 22.8. The number of hydrogen-bond acceptors (Lipinski definition) is 5. The molecule has 1 unspecified atom stereocenters. The molecule has 6 nitrogen and oxygen atoms in total. The molecule has 1 heterocycles. The molecule has 1 saturated carbocycles. The summed E-state index contributed by atoms with van der Waals surface area (Å²) < 4.78 is 65.2. The topological polar surface area (TPSA) is 81.9 Å². The average Bonchev–Trinajstić information content (AvgIpc) is 3.80. The summed E-state index contributed by atoms with van der Waals surface area (Å²) in [5.41, 5.74) is 9.31. The number of primary amides is 1. The second kappa shape index (κ2) is 12.8. The summed E-state index contributed by atoms with van der Waals surface area (Å²) in [5, 5.41) is 0. The molecule has 3 aromatic rings. The van der Waals surface area contributed by atoms with E-state index >= 15 is 0 Å². The number of rotatable bonds is 11. The number of nitrogens with two attached hydrogens (primary N) is 1. The molecule has 2 aliphatic rings. The van der Waals surface area contributed by atoms with Crippen molar-refractivity contribution in [1.29, 1.82) is 0 Å². The fourth-order valence-electron chi connectivity index (χ4n) is 5.08. The first kappa shape index (κ1) is 29.3. The average molecular weight is 583 g/mol. The van der Waals surface area contributed by atoms with E-state index in [1.807, 2.05) is 24.3 Å². The first-order valence-corrected chi connectivity index (χ1v) is 13.8. The molecule has 42 heavy (non-hydrogen) atoms. The highest BCUT2D eigenvalue weighted by Gasteiger charge is 2.35. The summed E-state index contributed by atoms with van der Waals surface area (Å²) in [5.74, 6) is -5.69. The van der Waals surface area contributed by atoms with E-state index in [0.717, 1.165) is 35.6 Å². The lowest BCUT2D eigenvalue weighted by Gasteiger charge is -2.35. The summed E-state index contributed by atoms with van der Waals surface area (Å²) in [4.78, 5) is 27.5.